The van der Waals surface area contributed by atoms with Gasteiger partial charge in [0.1, 0.15) is 0 Å². The number of hydrogen-bond acceptors (Lipinski definition) is 3. The SMILES string of the molecule is CN1CCNCC1CCN1CCCC(F)(F)C1. The van der Waals surface area contributed by atoms with Crippen LogP contribution in [0.3, 0.4) is 0 Å². The van der Waals surface area contributed by atoms with E-state index in [2.05, 4.69) is 17.3 Å². The zero-order chi connectivity index (χ0) is 12.3. The fourth-order valence-corrected chi connectivity index (χ4v) is 2.75. The monoisotopic (exact) mass is 247 g/mol. The number of nitrogens with one attached hydrogen (secondary N) is 1. The second kappa shape index (κ2) is 5.59. The average molecular weight is 247 g/mol. The molecule has 0 radical (unpaired) electrons. The quantitative estimate of drug-likeness (QED) is 0.803. The molecule has 5 heteroatoms. The maximum Gasteiger partial charge on any atom is 0.260 e. The van der Waals surface area contributed by atoms with Gasteiger partial charge in [-0.05, 0) is 33.0 Å². The van der Waals surface area contributed by atoms with Crippen LogP contribution in [0.15, 0.2) is 0 Å². The van der Waals surface area contributed by atoms with Crippen LogP contribution in [0.5, 0.6) is 0 Å². The molecule has 2 fully saturated rings. The second-order valence-corrected chi connectivity index (χ2v) is 5.36. The maximum atomic E-state index is 13.2. The fourth-order valence-electron chi connectivity index (χ4n) is 2.75. The average Bonchev–Trinajstić information content (AvgIpc) is 2.27. The van der Waals surface area contributed by atoms with Crippen molar-refractivity contribution in [3.63, 3.8) is 0 Å². The van der Waals surface area contributed by atoms with Crippen molar-refractivity contribution in [1.82, 2.24) is 15.1 Å². The molecule has 2 aliphatic rings. The third-order valence-electron chi connectivity index (χ3n) is 3.89. The van der Waals surface area contributed by atoms with Crippen molar-refractivity contribution in [2.75, 3.05) is 46.3 Å². The van der Waals surface area contributed by atoms with E-state index in [-0.39, 0.29) is 13.0 Å². The van der Waals surface area contributed by atoms with Gasteiger partial charge in [-0.15, -0.1) is 0 Å². The highest BCUT2D eigenvalue weighted by Gasteiger charge is 2.35. The molecule has 1 N–H and O–H groups in total. The number of likely N-dealkylation sites (tertiary alicyclic amines) is 1. The molecule has 0 bridgehead atoms. The molecule has 0 aromatic carbocycles. The molecule has 0 aromatic heterocycles. The summed E-state index contributed by atoms with van der Waals surface area (Å²) in [5.74, 6) is -2.46. The molecule has 0 spiro atoms. The number of likely N-dealkylation sites (N-methyl/N-ethyl adjacent to an activating group) is 1. The van der Waals surface area contributed by atoms with Crippen LogP contribution in [0.25, 0.3) is 0 Å². The minimum Gasteiger partial charge on any atom is -0.314 e. The molecule has 17 heavy (non-hydrogen) atoms. The zero-order valence-corrected chi connectivity index (χ0v) is 10.6. The number of alkyl halides is 2. The van der Waals surface area contributed by atoms with Crippen molar-refractivity contribution in [1.29, 1.82) is 0 Å². The highest BCUT2D eigenvalue weighted by Crippen LogP contribution is 2.26. The maximum absolute atomic E-state index is 13.2. The minimum absolute atomic E-state index is 0.0448. The molecular weight excluding hydrogens is 224 g/mol. The normalized spacial score (nSPS) is 31.6. The summed E-state index contributed by atoms with van der Waals surface area (Å²) in [6, 6.07) is 0.499. The van der Waals surface area contributed by atoms with Gasteiger partial charge in [0, 0.05) is 32.1 Å². The van der Waals surface area contributed by atoms with E-state index in [1.165, 1.54) is 0 Å². The third-order valence-corrected chi connectivity index (χ3v) is 3.89. The van der Waals surface area contributed by atoms with E-state index in [1.54, 1.807) is 0 Å². The molecule has 3 nitrogen and oxygen atoms in total. The standard InChI is InChI=1S/C12H23F2N3/c1-16-8-5-15-9-11(16)3-7-17-6-2-4-12(13,14)10-17/h11,15H,2-10H2,1H3. The lowest BCUT2D eigenvalue weighted by atomic mass is 10.1. The third kappa shape index (κ3) is 3.86. The summed E-state index contributed by atoms with van der Waals surface area (Å²) in [6.45, 7) is 4.67. The van der Waals surface area contributed by atoms with E-state index in [4.69, 9.17) is 0 Å². The molecule has 0 aromatic rings. The minimum atomic E-state index is -2.46. The Morgan fingerprint density at radius 1 is 1.35 bits per heavy atom. The lowest BCUT2D eigenvalue weighted by Gasteiger charge is -2.37. The Labute approximate surface area is 102 Å². The Morgan fingerprint density at radius 2 is 2.18 bits per heavy atom. The van der Waals surface area contributed by atoms with Gasteiger partial charge in [0.25, 0.3) is 5.92 Å². The number of piperidine rings is 1. The van der Waals surface area contributed by atoms with Gasteiger partial charge in [-0.1, -0.05) is 0 Å². The van der Waals surface area contributed by atoms with Crippen LogP contribution in [0.1, 0.15) is 19.3 Å². The molecule has 2 heterocycles. The van der Waals surface area contributed by atoms with E-state index < -0.39 is 5.92 Å². The van der Waals surface area contributed by atoms with Crippen molar-refractivity contribution >= 4 is 0 Å². The van der Waals surface area contributed by atoms with Gasteiger partial charge in [0.15, 0.2) is 0 Å². The fraction of sp³-hybridized carbons (Fsp3) is 1.00. The second-order valence-electron chi connectivity index (χ2n) is 5.36. The smallest absolute Gasteiger partial charge is 0.260 e. The lowest BCUT2D eigenvalue weighted by molar-refractivity contribution is -0.0652. The van der Waals surface area contributed by atoms with Crippen molar-refractivity contribution in [3.8, 4) is 0 Å². The van der Waals surface area contributed by atoms with Crippen LogP contribution in [0.4, 0.5) is 8.78 Å². The van der Waals surface area contributed by atoms with Crippen LogP contribution in [-0.4, -0.2) is 68.1 Å². The summed E-state index contributed by atoms with van der Waals surface area (Å²) in [5, 5.41) is 3.36. The van der Waals surface area contributed by atoms with Crippen LogP contribution in [-0.2, 0) is 0 Å². The highest BCUT2D eigenvalue weighted by molar-refractivity contribution is 4.82. The molecule has 2 saturated heterocycles. The Bertz CT molecular complexity index is 248. The van der Waals surface area contributed by atoms with E-state index in [0.717, 1.165) is 39.1 Å². The van der Waals surface area contributed by atoms with Crippen LogP contribution >= 0.6 is 0 Å². The summed E-state index contributed by atoms with van der Waals surface area (Å²) in [4.78, 5) is 4.25. The van der Waals surface area contributed by atoms with Crippen molar-refractivity contribution < 1.29 is 8.78 Å². The van der Waals surface area contributed by atoms with Gasteiger partial charge >= 0.3 is 0 Å². The van der Waals surface area contributed by atoms with Gasteiger partial charge < -0.3 is 10.2 Å². The first-order valence-electron chi connectivity index (χ1n) is 6.58. The number of halogens is 2. The Morgan fingerprint density at radius 3 is 2.88 bits per heavy atom. The van der Waals surface area contributed by atoms with Gasteiger partial charge in [-0.3, -0.25) is 4.90 Å². The Kier molecular flexibility index (Phi) is 4.33. The summed E-state index contributed by atoms with van der Waals surface area (Å²) < 4.78 is 26.5. The summed E-state index contributed by atoms with van der Waals surface area (Å²) in [7, 11) is 2.12. The highest BCUT2D eigenvalue weighted by atomic mass is 19.3. The molecule has 2 rings (SSSR count). The summed E-state index contributed by atoms with van der Waals surface area (Å²) in [6.07, 6.45) is 1.68. The number of hydrogen-bond donors (Lipinski definition) is 1. The molecule has 0 saturated carbocycles. The van der Waals surface area contributed by atoms with Crippen molar-refractivity contribution in [2.45, 2.75) is 31.2 Å². The number of piperazine rings is 1. The van der Waals surface area contributed by atoms with E-state index >= 15 is 0 Å². The molecule has 100 valence electrons. The van der Waals surface area contributed by atoms with E-state index in [1.807, 2.05) is 4.90 Å². The first-order valence-corrected chi connectivity index (χ1v) is 6.58. The first-order chi connectivity index (χ1) is 8.07. The van der Waals surface area contributed by atoms with E-state index in [9.17, 15) is 8.78 Å². The van der Waals surface area contributed by atoms with Crippen molar-refractivity contribution in [2.24, 2.45) is 0 Å². The molecular formula is C12H23F2N3. The predicted molar refractivity (Wildman–Crippen MR) is 64.5 cm³/mol. The Balaban J connectivity index is 1.73. The lowest BCUT2D eigenvalue weighted by Crippen LogP contribution is -2.51. The predicted octanol–water partition coefficient (Wildman–Crippen LogP) is 1.01. The largest absolute Gasteiger partial charge is 0.314 e. The van der Waals surface area contributed by atoms with Gasteiger partial charge in [0.2, 0.25) is 0 Å². The zero-order valence-electron chi connectivity index (χ0n) is 10.6. The van der Waals surface area contributed by atoms with Crippen LogP contribution in [0.2, 0.25) is 0 Å². The Hall–Kier alpha value is -0.260. The van der Waals surface area contributed by atoms with Gasteiger partial charge in [-0.2, -0.15) is 0 Å². The van der Waals surface area contributed by atoms with Crippen LogP contribution < -0.4 is 5.32 Å². The van der Waals surface area contributed by atoms with E-state index in [0.29, 0.717) is 12.5 Å². The first kappa shape index (κ1) is 13.2. The van der Waals surface area contributed by atoms with Gasteiger partial charge in [0.05, 0.1) is 6.54 Å². The summed E-state index contributed by atoms with van der Waals surface area (Å²) >= 11 is 0. The van der Waals surface area contributed by atoms with Gasteiger partial charge in [-0.25, -0.2) is 8.78 Å². The molecule has 1 atom stereocenters. The molecule has 0 amide bonds. The molecule has 2 aliphatic heterocycles. The topological polar surface area (TPSA) is 18.5 Å². The molecule has 0 aliphatic carbocycles. The van der Waals surface area contributed by atoms with Crippen molar-refractivity contribution in [3.05, 3.63) is 0 Å². The van der Waals surface area contributed by atoms with Crippen LogP contribution in [0, 0.1) is 0 Å². The molecule has 1 unspecified atom stereocenters. The summed E-state index contributed by atoms with van der Waals surface area (Å²) in [5.41, 5.74) is 0. The number of nitrogens with zero attached hydrogens (tertiary/aromatic N) is 2. The number of rotatable bonds is 3.